The van der Waals surface area contributed by atoms with Crippen LogP contribution in [-0.4, -0.2) is 56.9 Å². The molecule has 0 aromatic carbocycles. The summed E-state index contributed by atoms with van der Waals surface area (Å²) < 4.78 is 20.1. The summed E-state index contributed by atoms with van der Waals surface area (Å²) >= 11 is 0. The molecule has 2 aliphatic heterocycles. The fraction of sp³-hybridized carbons (Fsp3) is 0.385. The number of ether oxygens (including phenoxy) is 2. The Kier molecular flexibility index (Phi) is 5.50. The number of rotatable bonds is 8. The highest BCUT2D eigenvalue weighted by molar-refractivity contribution is 6.06. The fourth-order valence-corrected chi connectivity index (χ4v) is 4.66. The molecule has 1 amide bonds. The third-order valence-corrected chi connectivity index (χ3v) is 6.63. The molecule has 186 valence electrons. The summed E-state index contributed by atoms with van der Waals surface area (Å²) in [4.78, 5) is 17.6. The van der Waals surface area contributed by atoms with E-state index in [4.69, 9.17) is 19.0 Å². The number of nitrogens with zero attached hydrogens (tertiary/aromatic N) is 5. The minimum absolute atomic E-state index is 0.0583. The van der Waals surface area contributed by atoms with E-state index in [1.165, 1.54) is 6.26 Å². The summed E-state index contributed by atoms with van der Waals surface area (Å²) in [5.74, 6) is -0.142. The molecule has 1 N–H and O–H groups in total. The number of carbonyl (C=O) groups excluding carboxylic acids is 1. The second-order valence-corrected chi connectivity index (χ2v) is 10.4. The van der Waals surface area contributed by atoms with Crippen molar-refractivity contribution in [2.45, 2.75) is 26.9 Å². The molecule has 0 unspecified atom stereocenters. The molecule has 10 nitrogen and oxygen atoms in total. The predicted octanol–water partition coefficient (Wildman–Crippen LogP) is 3.73. The predicted molar refractivity (Wildman–Crippen MR) is 131 cm³/mol. The van der Waals surface area contributed by atoms with Gasteiger partial charge in [-0.25, -0.2) is 0 Å². The van der Waals surface area contributed by atoms with E-state index in [-0.39, 0.29) is 22.5 Å². The van der Waals surface area contributed by atoms with Crippen LogP contribution in [0.15, 0.2) is 59.6 Å². The van der Waals surface area contributed by atoms with Crippen LogP contribution in [0, 0.1) is 10.8 Å². The first-order valence-corrected chi connectivity index (χ1v) is 12.0. The SMILES string of the molecule is CC1(Cn2cc(-c3c(NC(=O)c4ccco4)c(-c4ccccn4)nn3CC3(C)COC3)cn2)COC1. The molecular formula is C26H28N6O4. The summed E-state index contributed by atoms with van der Waals surface area (Å²) in [5.41, 5.74) is 3.44. The average molecular weight is 489 g/mol. The molecule has 2 aliphatic rings. The lowest BCUT2D eigenvalue weighted by molar-refractivity contribution is -0.111. The van der Waals surface area contributed by atoms with Crippen LogP contribution in [0.5, 0.6) is 0 Å². The van der Waals surface area contributed by atoms with Crippen molar-refractivity contribution in [3.05, 3.63) is 60.9 Å². The van der Waals surface area contributed by atoms with Gasteiger partial charge in [-0.15, -0.1) is 0 Å². The maximum atomic E-state index is 13.1. The van der Waals surface area contributed by atoms with Gasteiger partial charge in [-0.2, -0.15) is 10.2 Å². The van der Waals surface area contributed by atoms with E-state index >= 15 is 0 Å². The molecule has 0 saturated carbocycles. The number of pyridine rings is 1. The zero-order chi connectivity index (χ0) is 24.8. The third-order valence-electron chi connectivity index (χ3n) is 6.63. The molecular weight excluding hydrogens is 460 g/mol. The second-order valence-electron chi connectivity index (χ2n) is 10.4. The molecule has 0 atom stereocenters. The maximum absolute atomic E-state index is 13.1. The van der Waals surface area contributed by atoms with E-state index in [1.807, 2.05) is 40.0 Å². The Balaban J connectivity index is 1.46. The number of furan rings is 1. The van der Waals surface area contributed by atoms with E-state index < -0.39 is 0 Å². The number of hydrogen-bond acceptors (Lipinski definition) is 7. The van der Waals surface area contributed by atoms with Crippen LogP contribution >= 0.6 is 0 Å². The van der Waals surface area contributed by atoms with Crippen molar-refractivity contribution in [3.8, 4) is 22.6 Å². The molecule has 6 heterocycles. The van der Waals surface area contributed by atoms with Crippen molar-refractivity contribution >= 4 is 11.6 Å². The molecule has 4 aromatic rings. The molecule has 2 saturated heterocycles. The van der Waals surface area contributed by atoms with Gasteiger partial charge in [0.2, 0.25) is 0 Å². The second kappa shape index (κ2) is 8.72. The van der Waals surface area contributed by atoms with Crippen LogP contribution in [0.3, 0.4) is 0 Å². The van der Waals surface area contributed by atoms with E-state index in [2.05, 4.69) is 29.2 Å². The van der Waals surface area contributed by atoms with Gasteiger partial charge in [-0.3, -0.25) is 19.1 Å². The molecule has 4 aromatic heterocycles. The molecule has 0 radical (unpaired) electrons. The summed E-state index contributed by atoms with van der Waals surface area (Å²) in [7, 11) is 0. The van der Waals surface area contributed by atoms with Crippen molar-refractivity contribution in [1.82, 2.24) is 24.5 Å². The van der Waals surface area contributed by atoms with E-state index in [0.29, 0.717) is 50.0 Å². The van der Waals surface area contributed by atoms with Crippen molar-refractivity contribution in [2.75, 3.05) is 31.7 Å². The van der Waals surface area contributed by atoms with E-state index in [0.717, 1.165) is 17.8 Å². The van der Waals surface area contributed by atoms with E-state index in [9.17, 15) is 4.79 Å². The Morgan fingerprint density at radius 1 is 1.06 bits per heavy atom. The minimum Gasteiger partial charge on any atom is -0.459 e. The average Bonchev–Trinajstić information content (AvgIpc) is 3.58. The highest BCUT2D eigenvalue weighted by Crippen LogP contribution is 2.40. The molecule has 2 fully saturated rings. The largest absolute Gasteiger partial charge is 0.459 e. The number of carbonyl (C=O) groups is 1. The van der Waals surface area contributed by atoms with Crippen LogP contribution in [0.1, 0.15) is 24.4 Å². The molecule has 6 rings (SSSR count). The number of amides is 1. The Labute approximate surface area is 208 Å². The molecule has 10 heteroatoms. The molecule has 36 heavy (non-hydrogen) atoms. The van der Waals surface area contributed by atoms with Gasteiger partial charge < -0.3 is 19.2 Å². The number of anilines is 1. The highest BCUT2D eigenvalue weighted by atomic mass is 16.5. The van der Waals surface area contributed by atoms with Gasteiger partial charge in [0.05, 0.1) is 69.1 Å². The number of nitrogens with one attached hydrogen (secondary N) is 1. The Morgan fingerprint density at radius 3 is 2.47 bits per heavy atom. The smallest absolute Gasteiger partial charge is 0.291 e. The van der Waals surface area contributed by atoms with Gasteiger partial charge in [0.1, 0.15) is 5.69 Å². The van der Waals surface area contributed by atoms with Crippen molar-refractivity contribution < 1.29 is 18.7 Å². The number of hydrogen-bond donors (Lipinski definition) is 1. The molecule has 0 spiro atoms. The van der Waals surface area contributed by atoms with Crippen molar-refractivity contribution in [3.63, 3.8) is 0 Å². The van der Waals surface area contributed by atoms with Crippen LogP contribution in [-0.2, 0) is 22.6 Å². The number of aromatic nitrogens is 5. The fourth-order valence-electron chi connectivity index (χ4n) is 4.66. The monoisotopic (exact) mass is 488 g/mol. The lowest BCUT2D eigenvalue weighted by Crippen LogP contribution is -2.43. The van der Waals surface area contributed by atoms with Gasteiger partial charge in [0.25, 0.3) is 5.91 Å². The Bertz CT molecular complexity index is 1370. The minimum atomic E-state index is -0.359. The van der Waals surface area contributed by atoms with Gasteiger partial charge in [-0.05, 0) is 24.3 Å². The van der Waals surface area contributed by atoms with Crippen molar-refractivity contribution in [1.29, 1.82) is 0 Å². The zero-order valence-corrected chi connectivity index (χ0v) is 20.3. The standard InChI is InChI=1S/C26H28N6O4/c1-25(14-34-15-25)12-31-11-18(10-28-31)23-22(29-24(33)20-7-5-9-36-20)21(19-6-3-4-8-27-19)30-32(23)13-26(2)16-35-17-26/h3-11H,12-17H2,1-2H3,(H,29,33). The first-order valence-electron chi connectivity index (χ1n) is 12.0. The molecule has 0 aliphatic carbocycles. The molecule has 0 bridgehead atoms. The summed E-state index contributed by atoms with van der Waals surface area (Å²) in [6.07, 6.45) is 7.01. The quantitative estimate of drug-likeness (QED) is 0.402. The van der Waals surface area contributed by atoms with Crippen LogP contribution in [0.25, 0.3) is 22.6 Å². The van der Waals surface area contributed by atoms with Gasteiger partial charge in [0, 0.05) is 28.8 Å². The maximum Gasteiger partial charge on any atom is 0.291 e. The first-order chi connectivity index (χ1) is 17.4. The third kappa shape index (κ3) is 4.22. The summed E-state index contributed by atoms with van der Waals surface area (Å²) in [6, 6.07) is 8.95. The Morgan fingerprint density at radius 2 is 1.83 bits per heavy atom. The van der Waals surface area contributed by atoms with E-state index in [1.54, 1.807) is 18.3 Å². The topological polar surface area (TPSA) is 109 Å². The Hall–Kier alpha value is -3.76. The van der Waals surface area contributed by atoms with Crippen molar-refractivity contribution in [2.24, 2.45) is 10.8 Å². The van der Waals surface area contributed by atoms with Gasteiger partial charge in [0.15, 0.2) is 5.76 Å². The lowest BCUT2D eigenvalue weighted by atomic mass is 9.88. The first kappa shape index (κ1) is 22.7. The van der Waals surface area contributed by atoms with Crippen LogP contribution in [0.4, 0.5) is 5.69 Å². The zero-order valence-electron chi connectivity index (χ0n) is 20.3. The van der Waals surface area contributed by atoms with Gasteiger partial charge >= 0.3 is 0 Å². The lowest BCUT2D eigenvalue weighted by Gasteiger charge is -2.38. The summed E-state index contributed by atoms with van der Waals surface area (Å²) in [6.45, 7) is 8.45. The van der Waals surface area contributed by atoms with Crippen LogP contribution in [0.2, 0.25) is 0 Å². The normalized spacial score (nSPS) is 17.8. The van der Waals surface area contributed by atoms with Crippen LogP contribution < -0.4 is 5.32 Å². The summed E-state index contributed by atoms with van der Waals surface area (Å²) in [5, 5.41) is 12.7. The van der Waals surface area contributed by atoms with Gasteiger partial charge in [-0.1, -0.05) is 19.9 Å². The highest BCUT2D eigenvalue weighted by Gasteiger charge is 2.37.